The van der Waals surface area contributed by atoms with Gasteiger partial charge in [-0.1, -0.05) is 6.07 Å². The van der Waals surface area contributed by atoms with Crippen LogP contribution < -0.4 is 0 Å². The summed E-state index contributed by atoms with van der Waals surface area (Å²) >= 11 is 1.28. The molecule has 1 fully saturated rings. The lowest BCUT2D eigenvalue weighted by Crippen LogP contribution is -2.39. The van der Waals surface area contributed by atoms with Crippen LogP contribution in [0.1, 0.15) is 24.4 Å². The van der Waals surface area contributed by atoms with Gasteiger partial charge in [0.1, 0.15) is 16.6 Å². The number of aromatic nitrogens is 2. The minimum Gasteiger partial charge on any atom is -0.377 e. The van der Waals surface area contributed by atoms with Crippen molar-refractivity contribution in [3.8, 4) is 0 Å². The van der Waals surface area contributed by atoms with Gasteiger partial charge in [-0.05, 0) is 37.1 Å². The van der Waals surface area contributed by atoms with Crippen molar-refractivity contribution < 1.29 is 13.2 Å². The number of imidazole rings is 1. The fraction of sp³-hybridized carbons (Fsp3) is 0.562. The second-order valence-electron chi connectivity index (χ2n) is 6.14. The molecular formula is C16H23N3O3S2. The van der Waals surface area contributed by atoms with Crippen LogP contribution >= 0.6 is 11.3 Å². The molecule has 1 aliphatic heterocycles. The summed E-state index contributed by atoms with van der Waals surface area (Å²) in [4.78, 5) is 4.39. The first-order chi connectivity index (χ1) is 11.5. The van der Waals surface area contributed by atoms with Gasteiger partial charge in [0.25, 0.3) is 10.0 Å². The zero-order chi connectivity index (χ0) is 17.2. The number of hydrogen-bond acceptors (Lipinski definition) is 5. The molecule has 132 valence electrons. The number of hydrogen-bond donors (Lipinski definition) is 0. The van der Waals surface area contributed by atoms with Gasteiger partial charge in [0, 0.05) is 38.6 Å². The van der Waals surface area contributed by atoms with Crippen LogP contribution in [0.4, 0.5) is 0 Å². The molecule has 0 aromatic carbocycles. The summed E-state index contributed by atoms with van der Waals surface area (Å²) in [5.41, 5.74) is 1.12. The fourth-order valence-corrected chi connectivity index (χ4v) is 5.75. The van der Waals surface area contributed by atoms with E-state index in [1.54, 1.807) is 28.9 Å². The minimum atomic E-state index is -3.32. The fourth-order valence-electron chi connectivity index (χ4n) is 3.13. The molecule has 0 atom stereocenters. The predicted octanol–water partition coefficient (Wildman–Crippen LogP) is 2.50. The van der Waals surface area contributed by atoms with Crippen molar-refractivity contribution >= 4 is 21.4 Å². The highest BCUT2D eigenvalue weighted by atomic mass is 32.2. The van der Waals surface area contributed by atoms with Crippen LogP contribution in [0.15, 0.2) is 27.9 Å². The van der Waals surface area contributed by atoms with Gasteiger partial charge in [0.15, 0.2) is 0 Å². The summed E-state index contributed by atoms with van der Waals surface area (Å²) < 4.78 is 34.6. The second-order valence-corrected chi connectivity index (χ2v) is 9.25. The van der Waals surface area contributed by atoms with E-state index in [9.17, 15) is 8.42 Å². The van der Waals surface area contributed by atoms with Gasteiger partial charge < -0.3 is 9.30 Å². The predicted molar refractivity (Wildman–Crippen MR) is 93.5 cm³/mol. The maximum absolute atomic E-state index is 12.6. The minimum absolute atomic E-state index is 0.439. The number of nitrogens with zero attached hydrogens (tertiary/aromatic N) is 3. The monoisotopic (exact) mass is 369 g/mol. The van der Waals surface area contributed by atoms with E-state index < -0.39 is 10.0 Å². The Hall–Kier alpha value is -1.22. The summed E-state index contributed by atoms with van der Waals surface area (Å²) in [5.74, 6) is 1.40. The average Bonchev–Trinajstić information content (AvgIpc) is 3.22. The molecule has 3 rings (SSSR count). The number of rotatable bonds is 6. The Morgan fingerprint density at radius 3 is 2.75 bits per heavy atom. The highest BCUT2D eigenvalue weighted by Gasteiger charge is 2.30. The standard InChI is InChI=1S/C16H23N3O3S2/c1-13-10-17-15(12-22-2)19(13)11-14-5-7-18(8-6-14)24(20,21)16-4-3-9-23-16/h3-4,9-10,14H,5-8,11-12H2,1-2H3. The molecule has 6 nitrogen and oxygen atoms in total. The van der Waals surface area contributed by atoms with Gasteiger partial charge in [-0.3, -0.25) is 0 Å². The number of sulfonamides is 1. The Morgan fingerprint density at radius 1 is 1.38 bits per heavy atom. The maximum Gasteiger partial charge on any atom is 0.252 e. The van der Waals surface area contributed by atoms with E-state index in [1.165, 1.54) is 11.3 Å². The highest BCUT2D eigenvalue weighted by molar-refractivity contribution is 7.91. The van der Waals surface area contributed by atoms with Crippen molar-refractivity contribution in [1.29, 1.82) is 0 Å². The van der Waals surface area contributed by atoms with Crippen LogP contribution in [-0.4, -0.2) is 42.5 Å². The summed E-state index contributed by atoms with van der Waals surface area (Å²) in [6, 6.07) is 3.46. The molecule has 0 amide bonds. The van der Waals surface area contributed by atoms with E-state index in [1.807, 2.05) is 13.1 Å². The molecule has 0 saturated carbocycles. The third kappa shape index (κ3) is 3.56. The Morgan fingerprint density at radius 2 is 2.12 bits per heavy atom. The van der Waals surface area contributed by atoms with Gasteiger partial charge in [-0.2, -0.15) is 4.31 Å². The van der Waals surface area contributed by atoms with Crippen LogP contribution in [0.3, 0.4) is 0 Å². The van der Waals surface area contributed by atoms with Crippen molar-refractivity contribution in [3.63, 3.8) is 0 Å². The highest BCUT2D eigenvalue weighted by Crippen LogP contribution is 2.27. The van der Waals surface area contributed by atoms with E-state index in [0.29, 0.717) is 29.8 Å². The Labute approximate surface area is 147 Å². The lowest BCUT2D eigenvalue weighted by molar-refractivity contribution is 0.170. The van der Waals surface area contributed by atoms with Gasteiger partial charge in [-0.25, -0.2) is 13.4 Å². The molecule has 2 aromatic rings. The van der Waals surface area contributed by atoms with Crippen LogP contribution in [0.2, 0.25) is 0 Å². The number of piperidine rings is 1. The number of methoxy groups -OCH3 is 1. The van der Waals surface area contributed by atoms with Crippen molar-refractivity contribution in [2.24, 2.45) is 5.92 Å². The third-order valence-electron chi connectivity index (χ3n) is 4.51. The molecule has 8 heteroatoms. The van der Waals surface area contributed by atoms with Crippen molar-refractivity contribution in [2.45, 2.75) is 37.1 Å². The van der Waals surface area contributed by atoms with Crippen LogP contribution in [0.5, 0.6) is 0 Å². The summed E-state index contributed by atoms with van der Waals surface area (Å²) in [5, 5.41) is 1.80. The lowest BCUT2D eigenvalue weighted by Gasteiger charge is -2.31. The third-order valence-corrected chi connectivity index (χ3v) is 7.79. The van der Waals surface area contributed by atoms with E-state index in [2.05, 4.69) is 9.55 Å². The molecule has 1 aliphatic rings. The molecule has 24 heavy (non-hydrogen) atoms. The summed E-state index contributed by atoms with van der Waals surface area (Å²) in [7, 11) is -1.65. The summed E-state index contributed by atoms with van der Waals surface area (Å²) in [6.07, 6.45) is 3.61. The molecule has 0 N–H and O–H groups in total. The van der Waals surface area contributed by atoms with Crippen molar-refractivity contribution in [3.05, 3.63) is 35.2 Å². The number of aryl methyl sites for hydroxylation is 1. The average molecular weight is 370 g/mol. The largest absolute Gasteiger partial charge is 0.377 e. The van der Waals surface area contributed by atoms with Crippen molar-refractivity contribution in [1.82, 2.24) is 13.9 Å². The van der Waals surface area contributed by atoms with E-state index in [0.717, 1.165) is 30.9 Å². The first-order valence-electron chi connectivity index (χ1n) is 8.06. The molecule has 0 spiro atoms. The molecule has 1 saturated heterocycles. The molecule has 0 radical (unpaired) electrons. The lowest BCUT2D eigenvalue weighted by atomic mass is 9.98. The van der Waals surface area contributed by atoms with E-state index in [-0.39, 0.29) is 0 Å². The number of ether oxygens (including phenoxy) is 1. The molecule has 0 aliphatic carbocycles. The van der Waals surface area contributed by atoms with Crippen molar-refractivity contribution in [2.75, 3.05) is 20.2 Å². The Kier molecular flexibility index (Phi) is 5.39. The van der Waals surface area contributed by atoms with Gasteiger partial charge in [0.2, 0.25) is 0 Å². The zero-order valence-electron chi connectivity index (χ0n) is 14.0. The zero-order valence-corrected chi connectivity index (χ0v) is 15.6. The first-order valence-corrected chi connectivity index (χ1v) is 10.4. The van der Waals surface area contributed by atoms with Gasteiger partial charge >= 0.3 is 0 Å². The molecule has 0 bridgehead atoms. The number of thiophene rings is 1. The normalized spacial score (nSPS) is 17.4. The van der Waals surface area contributed by atoms with Gasteiger partial charge in [-0.15, -0.1) is 11.3 Å². The molecule has 3 heterocycles. The quantitative estimate of drug-likeness (QED) is 0.785. The molecule has 0 unspecified atom stereocenters. The molecular weight excluding hydrogens is 346 g/mol. The van der Waals surface area contributed by atoms with E-state index in [4.69, 9.17) is 4.74 Å². The van der Waals surface area contributed by atoms with Crippen LogP contribution in [0, 0.1) is 12.8 Å². The molecule has 2 aromatic heterocycles. The van der Waals surface area contributed by atoms with Gasteiger partial charge in [0.05, 0.1) is 0 Å². The topological polar surface area (TPSA) is 64.4 Å². The summed E-state index contributed by atoms with van der Waals surface area (Å²) in [6.45, 7) is 4.58. The Bertz CT molecular complexity index is 761. The van der Waals surface area contributed by atoms with Crippen LogP contribution in [-0.2, 0) is 27.9 Å². The van der Waals surface area contributed by atoms with E-state index >= 15 is 0 Å². The SMILES string of the molecule is COCc1ncc(C)n1CC1CCN(S(=O)(=O)c2cccs2)CC1. The van der Waals surface area contributed by atoms with Crippen LogP contribution in [0.25, 0.3) is 0 Å². The first kappa shape index (κ1) is 17.6. The second kappa shape index (κ2) is 7.35. The Balaban J connectivity index is 1.63. The smallest absolute Gasteiger partial charge is 0.252 e. The maximum atomic E-state index is 12.6.